The zero-order valence-electron chi connectivity index (χ0n) is 11.2. The maximum atomic E-state index is 5.36. The zero-order valence-corrected chi connectivity index (χ0v) is 11.2. The lowest BCUT2D eigenvalue weighted by Gasteiger charge is -2.20. The molecule has 0 bridgehead atoms. The van der Waals surface area contributed by atoms with Crippen molar-refractivity contribution in [2.24, 2.45) is 5.92 Å². The van der Waals surface area contributed by atoms with Gasteiger partial charge in [0, 0.05) is 12.0 Å². The minimum Gasteiger partial charge on any atom is -0.339 e. The smallest absolute Gasteiger partial charge is 0.227 e. The van der Waals surface area contributed by atoms with Gasteiger partial charge in [-0.05, 0) is 38.8 Å². The summed E-state index contributed by atoms with van der Waals surface area (Å²) in [4.78, 5) is 4.50. The van der Waals surface area contributed by atoms with Crippen LogP contribution < -0.4 is 5.32 Å². The van der Waals surface area contributed by atoms with Crippen LogP contribution in [-0.4, -0.2) is 23.2 Å². The molecule has 4 heteroatoms. The van der Waals surface area contributed by atoms with Gasteiger partial charge in [-0.15, -0.1) is 0 Å². The average molecular weight is 257 g/mol. The van der Waals surface area contributed by atoms with Crippen LogP contribution in [-0.2, 0) is 6.42 Å². The Morgan fingerprint density at radius 2 is 2.16 bits per heavy atom. The van der Waals surface area contributed by atoms with E-state index in [4.69, 9.17) is 4.52 Å². The summed E-state index contributed by atoms with van der Waals surface area (Å²) in [6, 6.07) is 8.20. The van der Waals surface area contributed by atoms with Crippen LogP contribution in [0.4, 0.5) is 0 Å². The number of aromatic nitrogens is 2. The maximum absolute atomic E-state index is 5.36. The molecule has 1 atom stereocenters. The van der Waals surface area contributed by atoms with Gasteiger partial charge in [-0.2, -0.15) is 4.98 Å². The van der Waals surface area contributed by atoms with Gasteiger partial charge in [-0.1, -0.05) is 35.0 Å². The van der Waals surface area contributed by atoms with Gasteiger partial charge in [0.05, 0.1) is 0 Å². The summed E-state index contributed by atoms with van der Waals surface area (Å²) in [6.45, 7) is 4.26. The number of nitrogens with one attached hydrogen (secondary N) is 1. The third-order valence-electron chi connectivity index (χ3n) is 3.64. The van der Waals surface area contributed by atoms with Crippen LogP contribution >= 0.6 is 0 Å². The Kier molecular flexibility index (Phi) is 3.60. The number of hydrogen-bond acceptors (Lipinski definition) is 4. The van der Waals surface area contributed by atoms with Crippen LogP contribution in [0.25, 0.3) is 11.4 Å². The largest absolute Gasteiger partial charge is 0.339 e. The topological polar surface area (TPSA) is 51.0 Å². The van der Waals surface area contributed by atoms with Crippen LogP contribution in [0, 0.1) is 12.8 Å². The Labute approximate surface area is 113 Å². The van der Waals surface area contributed by atoms with E-state index < -0.39 is 0 Å². The number of rotatable bonds is 3. The van der Waals surface area contributed by atoms with Crippen molar-refractivity contribution in [2.45, 2.75) is 26.2 Å². The highest BCUT2D eigenvalue weighted by molar-refractivity contribution is 5.54. The second kappa shape index (κ2) is 5.53. The van der Waals surface area contributed by atoms with Crippen molar-refractivity contribution in [1.29, 1.82) is 0 Å². The molecule has 0 radical (unpaired) electrons. The molecule has 1 fully saturated rings. The Hall–Kier alpha value is -1.68. The SMILES string of the molecule is Cc1ccc(-c2noc(C[C@@H]3CCCNC3)n2)cc1. The van der Waals surface area contributed by atoms with Gasteiger partial charge in [0.2, 0.25) is 11.7 Å². The molecule has 2 aromatic rings. The van der Waals surface area contributed by atoms with Crippen molar-refractivity contribution < 1.29 is 4.52 Å². The van der Waals surface area contributed by atoms with Gasteiger partial charge in [0.25, 0.3) is 0 Å². The number of hydrogen-bond donors (Lipinski definition) is 1. The van der Waals surface area contributed by atoms with Crippen molar-refractivity contribution in [2.75, 3.05) is 13.1 Å². The van der Waals surface area contributed by atoms with Crippen molar-refractivity contribution in [1.82, 2.24) is 15.5 Å². The fourth-order valence-electron chi connectivity index (χ4n) is 2.50. The highest BCUT2D eigenvalue weighted by Crippen LogP contribution is 2.19. The summed E-state index contributed by atoms with van der Waals surface area (Å²) in [5.41, 5.74) is 2.25. The summed E-state index contributed by atoms with van der Waals surface area (Å²) in [5, 5.41) is 7.49. The normalized spacial score (nSPS) is 19.5. The Morgan fingerprint density at radius 1 is 1.32 bits per heavy atom. The summed E-state index contributed by atoms with van der Waals surface area (Å²) in [7, 11) is 0. The average Bonchev–Trinajstić information content (AvgIpc) is 2.89. The monoisotopic (exact) mass is 257 g/mol. The number of benzene rings is 1. The minimum absolute atomic E-state index is 0.625. The van der Waals surface area contributed by atoms with E-state index in [1.807, 2.05) is 12.1 Å². The molecule has 1 saturated heterocycles. The molecule has 3 rings (SSSR count). The first kappa shape index (κ1) is 12.4. The third kappa shape index (κ3) is 3.01. The number of aryl methyl sites for hydroxylation is 1. The first-order valence-corrected chi connectivity index (χ1v) is 6.91. The molecule has 1 aliphatic heterocycles. The number of nitrogens with zero attached hydrogens (tertiary/aromatic N) is 2. The second-order valence-corrected chi connectivity index (χ2v) is 5.29. The molecule has 19 heavy (non-hydrogen) atoms. The molecule has 0 amide bonds. The predicted octanol–water partition coefficient (Wildman–Crippen LogP) is 2.59. The molecule has 0 unspecified atom stereocenters. The Morgan fingerprint density at radius 3 is 2.89 bits per heavy atom. The van der Waals surface area contributed by atoms with Crippen LogP contribution in [0.1, 0.15) is 24.3 Å². The lowest BCUT2D eigenvalue weighted by atomic mass is 9.96. The fraction of sp³-hybridized carbons (Fsp3) is 0.467. The van der Waals surface area contributed by atoms with E-state index in [0.29, 0.717) is 11.7 Å². The van der Waals surface area contributed by atoms with Crippen LogP contribution in [0.2, 0.25) is 0 Å². The first-order chi connectivity index (χ1) is 9.31. The van der Waals surface area contributed by atoms with Crippen molar-refractivity contribution in [3.8, 4) is 11.4 Å². The van der Waals surface area contributed by atoms with E-state index in [1.54, 1.807) is 0 Å². The summed E-state index contributed by atoms with van der Waals surface area (Å²) in [6.07, 6.45) is 3.37. The standard InChI is InChI=1S/C15H19N3O/c1-11-4-6-13(7-5-11)15-17-14(19-18-15)9-12-3-2-8-16-10-12/h4-7,12,16H,2-3,8-10H2,1H3/t12-/m0/s1. The zero-order chi connectivity index (χ0) is 13.1. The predicted molar refractivity (Wildman–Crippen MR) is 73.8 cm³/mol. The van der Waals surface area contributed by atoms with Gasteiger partial charge in [0.1, 0.15) is 0 Å². The van der Waals surface area contributed by atoms with Gasteiger partial charge < -0.3 is 9.84 Å². The van der Waals surface area contributed by atoms with Gasteiger partial charge >= 0.3 is 0 Å². The molecule has 0 saturated carbocycles. The molecule has 1 aromatic heterocycles. The van der Waals surface area contributed by atoms with Crippen molar-refractivity contribution in [3.05, 3.63) is 35.7 Å². The third-order valence-corrected chi connectivity index (χ3v) is 3.64. The van der Waals surface area contributed by atoms with E-state index in [2.05, 4.69) is 34.5 Å². The van der Waals surface area contributed by atoms with Gasteiger partial charge in [0.15, 0.2) is 0 Å². The van der Waals surface area contributed by atoms with Crippen LogP contribution in [0.5, 0.6) is 0 Å². The van der Waals surface area contributed by atoms with E-state index >= 15 is 0 Å². The molecule has 1 N–H and O–H groups in total. The van der Waals surface area contributed by atoms with E-state index in [1.165, 1.54) is 18.4 Å². The Bertz CT molecular complexity index is 527. The molecular weight excluding hydrogens is 238 g/mol. The quantitative estimate of drug-likeness (QED) is 0.918. The molecule has 0 spiro atoms. The lowest BCUT2D eigenvalue weighted by molar-refractivity contribution is 0.316. The van der Waals surface area contributed by atoms with E-state index in [0.717, 1.165) is 31.0 Å². The minimum atomic E-state index is 0.625. The van der Waals surface area contributed by atoms with E-state index in [9.17, 15) is 0 Å². The molecule has 2 heterocycles. The highest BCUT2D eigenvalue weighted by atomic mass is 16.5. The summed E-state index contributed by atoms with van der Waals surface area (Å²) < 4.78 is 5.36. The molecule has 1 aliphatic rings. The fourth-order valence-corrected chi connectivity index (χ4v) is 2.50. The van der Waals surface area contributed by atoms with Gasteiger partial charge in [-0.3, -0.25) is 0 Å². The molecular formula is C15H19N3O. The molecule has 4 nitrogen and oxygen atoms in total. The highest BCUT2D eigenvalue weighted by Gasteiger charge is 2.17. The second-order valence-electron chi connectivity index (χ2n) is 5.29. The van der Waals surface area contributed by atoms with Crippen molar-refractivity contribution in [3.63, 3.8) is 0 Å². The molecule has 0 aliphatic carbocycles. The van der Waals surface area contributed by atoms with E-state index in [-0.39, 0.29) is 0 Å². The lowest BCUT2D eigenvalue weighted by Crippen LogP contribution is -2.30. The summed E-state index contributed by atoms with van der Waals surface area (Å²) in [5.74, 6) is 2.07. The Balaban J connectivity index is 1.70. The first-order valence-electron chi connectivity index (χ1n) is 6.91. The van der Waals surface area contributed by atoms with Crippen LogP contribution in [0.3, 0.4) is 0 Å². The van der Waals surface area contributed by atoms with Crippen molar-refractivity contribution >= 4 is 0 Å². The molecule has 1 aromatic carbocycles. The van der Waals surface area contributed by atoms with Gasteiger partial charge in [-0.25, -0.2) is 0 Å². The summed E-state index contributed by atoms with van der Waals surface area (Å²) >= 11 is 0. The molecule has 100 valence electrons. The number of piperidine rings is 1. The maximum Gasteiger partial charge on any atom is 0.227 e. The van der Waals surface area contributed by atoms with Crippen LogP contribution in [0.15, 0.2) is 28.8 Å².